The summed E-state index contributed by atoms with van der Waals surface area (Å²) in [4.78, 5) is 0. The molecule has 3 aliphatic rings. The number of rotatable bonds is 0. The summed E-state index contributed by atoms with van der Waals surface area (Å²) in [6.07, 6.45) is 15.0. The van der Waals surface area contributed by atoms with Crippen LogP contribution < -0.4 is 0 Å². The standard InChI is InChI=1S/C12H12/c1-9-6-10-4-2-3-5-11-8-12(10,11)7-9/h2-7,11H,8H2,1H3. The van der Waals surface area contributed by atoms with Gasteiger partial charge in [-0.1, -0.05) is 42.0 Å². The summed E-state index contributed by atoms with van der Waals surface area (Å²) in [5, 5.41) is 0. The van der Waals surface area contributed by atoms with Crippen LogP contribution in [0.2, 0.25) is 0 Å². The van der Waals surface area contributed by atoms with Gasteiger partial charge in [0, 0.05) is 5.41 Å². The van der Waals surface area contributed by atoms with Gasteiger partial charge in [0.25, 0.3) is 0 Å². The molecule has 0 bridgehead atoms. The predicted molar refractivity (Wildman–Crippen MR) is 50.7 cm³/mol. The molecule has 0 aliphatic heterocycles. The van der Waals surface area contributed by atoms with E-state index >= 15 is 0 Å². The van der Waals surface area contributed by atoms with Gasteiger partial charge in [-0.15, -0.1) is 0 Å². The zero-order valence-electron chi connectivity index (χ0n) is 7.25. The van der Waals surface area contributed by atoms with Gasteiger partial charge in [0.2, 0.25) is 0 Å². The second-order valence-corrected chi connectivity index (χ2v) is 4.08. The van der Waals surface area contributed by atoms with E-state index in [2.05, 4.69) is 43.4 Å². The van der Waals surface area contributed by atoms with Crippen molar-refractivity contribution in [3.63, 3.8) is 0 Å². The Morgan fingerprint density at radius 3 is 3.25 bits per heavy atom. The minimum atomic E-state index is 0.438. The average Bonchev–Trinajstić information content (AvgIpc) is 2.63. The lowest BCUT2D eigenvalue weighted by Crippen LogP contribution is -1.96. The van der Waals surface area contributed by atoms with Crippen molar-refractivity contribution in [3.8, 4) is 0 Å². The molecule has 1 saturated carbocycles. The van der Waals surface area contributed by atoms with E-state index in [4.69, 9.17) is 0 Å². The largest absolute Gasteiger partial charge is 0.0802 e. The Labute approximate surface area is 73.0 Å². The maximum Gasteiger partial charge on any atom is 0.0207 e. The van der Waals surface area contributed by atoms with E-state index in [1.165, 1.54) is 17.6 Å². The van der Waals surface area contributed by atoms with Crippen LogP contribution in [0, 0.1) is 11.3 Å². The Kier molecular flexibility index (Phi) is 0.982. The van der Waals surface area contributed by atoms with Crippen LogP contribution in [0.25, 0.3) is 0 Å². The first-order valence-electron chi connectivity index (χ1n) is 4.58. The third-order valence-corrected chi connectivity index (χ3v) is 3.20. The van der Waals surface area contributed by atoms with E-state index in [0.717, 1.165) is 5.92 Å². The van der Waals surface area contributed by atoms with Gasteiger partial charge in [-0.05, 0) is 24.8 Å². The van der Waals surface area contributed by atoms with Crippen LogP contribution in [-0.2, 0) is 0 Å². The van der Waals surface area contributed by atoms with Gasteiger partial charge in [0.15, 0.2) is 0 Å². The Bertz CT molecular complexity index is 352. The third kappa shape index (κ3) is 0.632. The molecule has 0 amide bonds. The van der Waals surface area contributed by atoms with Crippen molar-refractivity contribution in [2.24, 2.45) is 11.3 Å². The molecule has 1 fully saturated rings. The fourth-order valence-corrected chi connectivity index (χ4v) is 2.51. The van der Waals surface area contributed by atoms with Gasteiger partial charge >= 0.3 is 0 Å². The van der Waals surface area contributed by atoms with Crippen LogP contribution in [0.1, 0.15) is 13.3 Å². The Morgan fingerprint density at radius 1 is 1.42 bits per heavy atom. The first-order chi connectivity index (χ1) is 5.81. The van der Waals surface area contributed by atoms with Crippen molar-refractivity contribution in [3.05, 3.63) is 47.6 Å². The molecule has 0 aromatic heterocycles. The van der Waals surface area contributed by atoms with Gasteiger partial charge in [0.1, 0.15) is 0 Å². The van der Waals surface area contributed by atoms with Crippen molar-refractivity contribution in [1.82, 2.24) is 0 Å². The van der Waals surface area contributed by atoms with Crippen LogP contribution in [0.3, 0.4) is 0 Å². The van der Waals surface area contributed by atoms with Gasteiger partial charge in [-0.3, -0.25) is 0 Å². The zero-order chi connectivity index (χ0) is 8.18. The second kappa shape index (κ2) is 1.82. The molecule has 0 heterocycles. The van der Waals surface area contributed by atoms with Crippen molar-refractivity contribution >= 4 is 0 Å². The lowest BCUT2D eigenvalue weighted by atomic mass is 9.97. The van der Waals surface area contributed by atoms with Crippen LogP contribution in [0.4, 0.5) is 0 Å². The van der Waals surface area contributed by atoms with Gasteiger partial charge in [-0.25, -0.2) is 0 Å². The monoisotopic (exact) mass is 156 g/mol. The molecule has 3 aliphatic carbocycles. The normalized spacial score (nSPS) is 41.2. The summed E-state index contributed by atoms with van der Waals surface area (Å²) in [7, 11) is 0. The molecule has 12 heavy (non-hydrogen) atoms. The van der Waals surface area contributed by atoms with E-state index in [9.17, 15) is 0 Å². The summed E-state index contributed by atoms with van der Waals surface area (Å²) >= 11 is 0. The minimum absolute atomic E-state index is 0.438. The fourth-order valence-electron chi connectivity index (χ4n) is 2.51. The lowest BCUT2D eigenvalue weighted by molar-refractivity contribution is 0.768. The number of hydrogen-bond donors (Lipinski definition) is 0. The lowest BCUT2D eigenvalue weighted by Gasteiger charge is -2.06. The second-order valence-electron chi connectivity index (χ2n) is 4.08. The van der Waals surface area contributed by atoms with Crippen molar-refractivity contribution < 1.29 is 0 Å². The van der Waals surface area contributed by atoms with Crippen LogP contribution in [-0.4, -0.2) is 0 Å². The summed E-state index contributed by atoms with van der Waals surface area (Å²) in [6, 6.07) is 0. The molecule has 0 aromatic carbocycles. The fraction of sp³-hybridized carbons (Fsp3) is 0.333. The highest BCUT2D eigenvalue weighted by Gasteiger charge is 2.54. The molecule has 0 aromatic rings. The smallest absolute Gasteiger partial charge is 0.0207 e. The van der Waals surface area contributed by atoms with E-state index < -0.39 is 0 Å². The molecule has 2 unspecified atom stereocenters. The molecule has 0 radical (unpaired) electrons. The van der Waals surface area contributed by atoms with Crippen LogP contribution >= 0.6 is 0 Å². The van der Waals surface area contributed by atoms with Crippen molar-refractivity contribution in [1.29, 1.82) is 0 Å². The maximum atomic E-state index is 2.44. The van der Waals surface area contributed by atoms with E-state index in [-0.39, 0.29) is 0 Å². The van der Waals surface area contributed by atoms with E-state index in [1.807, 2.05) is 0 Å². The van der Waals surface area contributed by atoms with Gasteiger partial charge < -0.3 is 0 Å². The molecule has 2 atom stereocenters. The van der Waals surface area contributed by atoms with Crippen LogP contribution in [0.5, 0.6) is 0 Å². The Hall–Kier alpha value is -1.04. The quantitative estimate of drug-likeness (QED) is 0.505. The summed E-state index contributed by atoms with van der Waals surface area (Å²) in [5.74, 6) is 0.788. The predicted octanol–water partition coefficient (Wildman–Crippen LogP) is 3.01. The van der Waals surface area contributed by atoms with E-state index in [0.29, 0.717) is 5.41 Å². The summed E-state index contributed by atoms with van der Waals surface area (Å²) in [6.45, 7) is 2.20. The highest BCUT2D eigenvalue weighted by Crippen LogP contribution is 2.63. The molecule has 0 heteroatoms. The van der Waals surface area contributed by atoms with Crippen molar-refractivity contribution in [2.75, 3.05) is 0 Å². The molecular formula is C12H12. The first-order valence-corrected chi connectivity index (χ1v) is 4.58. The molecule has 3 rings (SSSR count). The molecule has 0 N–H and O–H groups in total. The maximum absolute atomic E-state index is 2.44. The first kappa shape index (κ1) is 6.47. The molecule has 0 saturated heterocycles. The van der Waals surface area contributed by atoms with Gasteiger partial charge in [0.05, 0.1) is 0 Å². The average molecular weight is 156 g/mol. The Balaban J connectivity index is 2.14. The highest BCUT2D eigenvalue weighted by molar-refractivity contribution is 5.53. The molecule has 0 nitrogen and oxygen atoms in total. The molecular weight excluding hydrogens is 144 g/mol. The third-order valence-electron chi connectivity index (χ3n) is 3.20. The molecule has 60 valence electrons. The van der Waals surface area contributed by atoms with Crippen molar-refractivity contribution in [2.45, 2.75) is 13.3 Å². The Morgan fingerprint density at radius 2 is 2.33 bits per heavy atom. The number of allylic oxidation sites excluding steroid dienone is 8. The zero-order valence-corrected chi connectivity index (χ0v) is 7.25. The highest BCUT2D eigenvalue weighted by atomic mass is 14.6. The van der Waals surface area contributed by atoms with Crippen LogP contribution in [0.15, 0.2) is 47.6 Å². The minimum Gasteiger partial charge on any atom is -0.0802 e. The summed E-state index contributed by atoms with van der Waals surface area (Å²) in [5.41, 5.74) is 3.40. The number of hydrogen-bond acceptors (Lipinski definition) is 0. The van der Waals surface area contributed by atoms with Gasteiger partial charge in [-0.2, -0.15) is 0 Å². The van der Waals surface area contributed by atoms with E-state index in [1.54, 1.807) is 0 Å². The SMILES string of the molecule is CC1=CC23CC2C=CC=CC3=C1. The topological polar surface area (TPSA) is 0 Å². The summed E-state index contributed by atoms with van der Waals surface area (Å²) < 4.78 is 0. The molecule has 1 spiro atoms.